The van der Waals surface area contributed by atoms with Gasteiger partial charge in [0.25, 0.3) is 0 Å². The smallest absolute Gasteiger partial charge is 0.191 e. The quantitative estimate of drug-likeness (QED) is 0.226. The topological polar surface area (TPSA) is 79.1 Å². The highest BCUT2D eigenvalue weighted by molar-refractivity contribution is 14.0. The second kappa shape index (κ2) is 12.7. The third-order valence-corrected chi connectivity index (χ3v) is 6.60. The van der Waals surface area contributed by atoms with Crippen LogP contribution >= 0.6 is 24.0 Å². The van der Waals surface area contributed by atoms with Crippen molar-refractivity contribution < 1.29 is 4.74 Å². The normalized spacial score (nSPS) is 19.5. The predicted octanol–water partition coefficient (Wildman–Crippen LogP) is 2.87. The summed E-state index contributed by atoms with van der Waals surface area (Å²) in [6.07, 6.45) is 10.4. The van der Waals surface area contributed by atoms with Crippen molar-refractivity contribution in [3.8, 4) is 0 Å². The molecule has 0 atom stereocenters. The van der Waals surface area contributed by atoms with Crippen LogP contribution in [-0.4, -0.2) is 76.9 Å². The van der Waals surface area contributed by atoms with Gasteiger partial charge in [0, 0.05) is 44.3 Å². The zero-order valence-electron chi connectivity index (χ0n) is 19.3. The number of nitrogens with one attached hydrogen (secondary N) is 2. The van der Waals surface area contributed by atoms with Gasteiger partial charge in [-0.2, -0.15) is 0 Å². The van der Waals surface area contributed by atoms with E-state index in [1.165, 1.54) is 32.1 Å². The standard InChI is InChI=1S/C23H37N7O.HI/c1-2-24-22(25-13-8-10-21-28-27-20-9-4-7-14-30(20)21)26-19-23(11-5-3-6-12-23)29-15-17-31-18-16-29;/h4,7,9,14H,2-3,5-6,8,10-13,15-19H2,1H3,(H2,24,25,26);1H. The number of fused-ring (bicyclic) bond motifs is 1. The first-order chi connectivity index (χ1) is 15.3. The molecule has 3 heterocycles. The molecule has 1 saturated heterocycles. The Hall–Kier alpha value is -1.46. The molecule has 1 saturated carbocycles. The van der Waals surface area contributed by atoms with Crippen molar-refractivity contribution in [3.63, 3.8) is 0 Å². The lowest BCUT2D eigenvalue weighted by Gasteiger charge is -2.47. The number of rotatable bonds is 8. The highest BCUT2D eigenvalue weighted by atomic mass is 127. The van der Waals surface area contributed by atoms with Crippen molar-refractivity contribution in [1.82, 2.24) is 30.1 Å². The molecule has 2 fully saturated rings. The van der Waals surface area contributed by atoms with Gasteiger partial charge in [0.1, 0.15) is 5.82 Å². The summed E-state index contributed by atoms with van der Waals surface area (Å²) in [5, 5.41) is 15.5. The molecule has 0 spiro atoms. The number of nitrogens with zero attached hydrogens (tertiary/aromatic N) is 5. The van der Waals surface area contributed by atoms with Crippen LogP contribution in [0.25, 0.3) is 5.65 Å². The molecule has 32 heavy (non-hydrogen) atoms. The summed E-state index contributed by atoms with van der Waals surface area (Å²) in [5.41, 5.74) is 1.10. The minimum absolute atomic E-state index is 0. The first kappa shape index (κ1) is 25.2. The fourth-order valence-corrected chi connectivity index (χ4v) is 4.90. The summed E-state index contributed by atoms with van der Waals surface area (Å²) in [5.74, 6) is 1.93. The number of halogens is 1. The number of aromatic nitrogens is 3. The van der Waals surface area contributed by atoms with Gasteiger partial charge < -0.3 is 15.4 Å². The molecule has 0 aromatic carbocycles. The average Bonchev–Trinajstić information content (AvgIpc) is 3.24. The Morgan fingerprint density at radius 2 is 1.94 bits per heavy atom. The molecule has 1 aliphatic carbocycles. The zero-order valence-corrected chi connectivity index (χ0v) is 21.6. The van der Waals surface area contributed by atoms with Gasteiger partial charge in [0.15, 0.2) is 11.6 Å². The lowest BCUT2D eigenvalue weighted by Crippen LogP contribution is -2.56. The molecule has 2 aromatic rings. The summed E-state index contributed by atoms with van der Waals surface area (Å²) in [4.78, 5) is 7.70. The van der Waals surface area contributed by atoms with E-state index in [1.807, 2.05) is 24.4 Å². The van der Waals surface area contributed by atoms with Crippen LogP contribution in [0.2, 0.25) is 0 Å². The van der Waals surface area contributed by atoms with Gasteiger partial charge in [0.05, 0.1) is 19.8 Å². The molecule has 9 heteroatoms. The predicted molar refractivity (Wildman–Crippen MR) is 139 cm³/mol. The second-order valence-electron chi connectivity index (χ2n) is 8.65. The van der Waals surface area contributed by atoms with E-state index in [2.05, 4.69) is 37.1 Å². The van der Waals surface area contributed by atoms with Gasteiger partial charge >= 0.3 is 0 Å². The Balaban J connectivity index is 0.00000289. The third-order valence-electron chi connectivity index (χ3n) is 6.60. The monoisotopic (exact) mass is 555 g/mol. The molecule has 0 radical (unpaired) electrons. The molecular weight excluding hydrogens is 517 g/mol. The Bertz CT molecular complexity index is 844. The van der Waals surface area contributed by atoms with Crippen LogP contribution < -0.4 is 10.6 Å². The summed E-state index contributed by atoms with van der Waals surface area (Å²) in [7, 11) is 0. The second-order valence-corrected chi connectivity index (χ2v) is 8.65. The largest absolute Gasteiger partial charge is 0.379 e. The van der Waals surface area contributed by atoms with E-state index in [1.54, 1.807) is 0 Å². The van der Waals surface area contributed by atoms with Crippen LogP contribution in [0.1, 0.15) is 51.3 Å². The number of aryl methyl sites for hydroxylation is 1. The lowest BCUT2D eigenvalue weighted by atomic mass is 9.80. The van der Waals surface area contributed by atoms with E-state index >= 15 is 0 Å². The Kier molecular flexibility index (Phi) is 9.98. The van der Waals surface area contributed by atoms with Crippen molar-refractivity contribution >= 4 is 35.6 Å². The Labute approximate surface area is 208 Å². The summed E-state index contributed by atoms with van der Waals surface area (Å²) in [6.45, 7) is 8.47. The van der Waals surface area contributed by atoms with E-state index in [0.29, 0.717) is 0 Å². The molecular formula is C23H38IN7O. The zero-order chi connectivity index (χ0) is 21.4. The number of hydrogen-bond donors (Lipinski definition) is 2. The maximum Gasteiger partial charge on any atom is 0.191 e. The number of morpholine rings is 1. The first-order valence-corrected chi connectivity index (χ1v) is 11.9. The minimum atomic E-state index is 0. The highest BCUT2D eigenvalue weighted by Crippen LogP contribution is 2.34. The van der Waals surface area contributed by atoms with Crippen molar-refractivity contribution in [2.24, 2.45) is 4.99 Å². The van der Waals surface area contributed by atoms with E-state index < -0.39 is 0 Å². The van der Waals surface area contributed by atoms with Gasteiger partial charge in [0.2, 0.25) is 0 Å². The number of aliphatic imine (C=N–C) groups is 1. The van der Waals surface area contributed by atoms with Gasteiger partial charge in [-0.15, -0.1) is 34.2 Å². The molecule has 2 aliphatic rings. The number of ether oxygens (including phenoxy) is 1. The van der Waals surface area contributed by atoms with E-state index in [9.17, 15) is 0 Å². The molecule has 0 unspecified atom stereocenters. The van der Waals surface area contributed by atoms with Crippen molar-refractivity contribution in [3.05, 3.63) is 30.2 Å². The van der Waals surface area contributed by atoms with E-state index in [-0.39, 0.29) is 29.5 Å². The number of guanidine groups is 1. The van der Waals surface area contributed by atoms with Gasteiger partial charge in [-0.1, -0.05) is 25.3 Å². The Morgan fingerprint density at radius 3 is 2.72 bits per heavy atom. The average molecular weight is 556 g/mol. The fourth-order valence-electron chi connectivity index (χ4n) is 4.90. The van der Waals surface area contributed by atoms with Crippen molar-refractivity contribution in [1.29, 1.82) is 0 Å². The lowest BCUT2D eigenvalue weighted by molar-refractivity contribution is -0.0333. The summed E-state index contributed by atoms with van der Waals surface area (Å²) in [6, 6.07) is 5.99. The molecule has 178 valence electrons. The third kappa shape index (κ3) is 6.32. The molecule has 0 bridgehead atoms. The van der Waals surface area contributed by atoms with E-state index in [0.717, 1.165) is 76.2 Å². The van der Waals surface area contributed by atoms with Crippen molar-refractivity contribution in [2.45, 2.75) is 57.4 Å². The van der Waals surface area contributed by atoms with Crippen LogP contribution in [0.5, 0.6) is 0 Å². The highest BCUT2D eigenvalue weighted by Gasteiger charge is 2.38. The maximum absolute atomic E-state index is 5.61. The molecule has 0 amide bonds. The number of hydrogen-bond acceptors (Lipinski definition) is 5. The molecule has 4 rings (SSSR count). The van der Waals surface area contributed by atoms with Gasteiger partial charge in [-0.05, 0) is 38.3 Å². The number of pyridine rings is 1. The first-order valence-electron chi connectivity index (χ1n) is 11.9. The summed E-state index contributed by atoms with van der Waals surface area (Å²) < 4.78 is 7.67. The van der Waals surface area contributed by atoms with Crippen LogP contribution in [0, 0.1) is 0 Å². The van der Waals surface area contributed by atoms with Crippen LogP contribution in [0.4, 0.5) is 0 Å². The molecule has 8 nitrogen and oxygen atoms in total. The molecule has 2 aromatic heterocycles. The van der Waals surface area contributed by atoms with Crippen LogP contribution in [0.3, 0.4) is 0 Å². The molecule has 2 N–H and O–H groups in total. The maximum atomic E-state index is 5.61. The van der Waals surface area contributed by atoms with Crippen molar-refractivity contribution in [2.75, 3.05) is 45.9 Å². The van der Waals surface area contributed by atoms with Gasteiger partial charge in [-0.3, -0.25) is 14.3 Å². The molecule has 1 aliphatic heterocycles. The van der Waals surface area contributed by atoms with Gasteiger partial charge in [-0.25, -0.2) is 0 Å². The fraction of sp³-hybridized carbons (Fsp3) is 0.696. The van der Waals surface area contributed by atoms with Crippen LogP contribution in [-0.2, 0) is 11.2 Å². The van der Waals surface area contributed by atoms with Crippen LogP contribution in [0.15, 0.2) is 29.4 Å². The summed E-state index contributed by atoms with van der Waals surface area (Å²) >= 11 is 0. The Morgan fingerprint density at radius 1 is 1.12 bits per heavy atom. The SMILES string of the molecule is CCNC(=NCC1(N2CCOCC2)CCCCC1)NCCCc1nnc2ccccn12.I. The van der Waals surface area contributed by atoms with E-state index in [4.69, 9.17) is 9.73 Å². The minimum Gasteiger partial charge on any atom is -0.379 e.